The second kappa shape index (κ2) is 8.06. The van der Waals surface area contributed by atoms with Crippen LogP contribution in [0.4, 0.5) is 11.4 Å². The molecule has 0 bridgehead atoms. The van der Waals surface area contributed by atoms with Gasteiger partial charge in [0.15, 0.2) is 0 Å². The Bertz CT molecular complexity index is 456. The van der Waals surface area contributed by atoms with Gasteiger partial charge in [-0.15, -0.1) is 0 Å². The number of nitrogens with two attached hydrogens (primary N) is 1. The van der Waals surface area contributed by atoms with E-state index in [1.807, 2.05) is 0 Å². The van der Waals surface area contributed by atoms with Crippen LogP contribution in [0.3, 0.4) is 0 Å². The first-order chi connectivity index (χ1) is 9.42. The summed E-state index contributed by atoms with van der Waals surface area (Å²) in [4.78, 5) is 13.5. The normalized spacial score (nSPS) is 12.4. The minimum atomic E-state index is -0.621. The molecule has 112 valence electrons. The average molecular weight is 302 g/mol. The van der Waals surface area contributed by atoms with Gasteiger partial charge in [-0.3, -0.25) is 9.69 Å². The molecule has 0 spiro atoms. The summed E-state index contributed by atoms with van der Waals surface area (Å²) < 4.78 is 4.83. The van der Waals surface area contributed by atoms with Gasteiger partial charge in [0.1, 0.15) is 0 Å². The zero-order valence-corrected chi connectivity index (χ0v) is 12.4. The molecule has 0 aliphatic heterocycles. The van der Waals surface area contributed by atoms with Crippen molar-refractivity contribution in [1.82, 2.24) is 4.90 Å². The number of benzene rings is 1. The van der Waals surface area contributed by atoms with E-state index in [4.69, 9.17) is 22.1 Å². The van der Waals surface area contributed by atoms with Crippen LogP contribution < -0.4 is 11.1 Å². The van der Waals surface area contributed by atoms with Gasteiger partial charge in [0.25, 0.3) is 0 Å². The van der Waals surface area contributed by atoms with Crippen LogP contribution >= 0.6 is 11.6 Å². The Labute approximate surface area is 123 Å². The van der Waals surface area contributed by atoms with Crippen molar-refractivity contribution < 1.29 is 14.6 Å². The number of hydrogen-bond acceptors (Lipinski definition) is 5. The molecule has 0 saturated heterocycles. The highest BCUT2D eigenvalue weighted by atomic mass is 35.5. The number of nitrogens with one attached hydrogen (secondary N) is 1. The van der Waals surface area contributed by atoms with Gasteiger partial charge >= 0.3 is 0 Å². The topological polar surface area (TPSA) is 87.8 Å². The van der Waals surface area contributed by atoms with Crippen molar-refractivity contribution in [2.45, 2.75) is 6.10 Å². The number of carbonyl (C=O) groups excluding carboxylic acids is 1. The van der Waals surface area contributed by atoms with E-state index in [1.54, 1.807) is 30.1 Å². The number of methoxy groups -OCH3 is 1. The molecule has 0 aliphatic carbocycles. The molecule has 0 radical (unpaired) electrons. The first kappa shape index (κ1) is 16.7. The number of halogens is 1. The zero-order chi connectivity index (χ0) is 15.1. The summed E-state index contributed by atoms with van der Waals surface area (Å²) in [6, 6.07) is 4.90. The lowest BCUT2D eigenvalue weighted by atomic mass is 10.2. The summed E-state index contributed by atoms with van der Waals surface area (Å²) in [5.41, 5.74) is 6.65. The van der Waals surface area contributed by atoms with Crippen LogP contribution in [0.5, 0.6) is 0 Å². The minimum absolute atomic E-state index is 0.156. The Morgan fingerprint density at radius 3 is 2.90 bits per heavy atom. The molecule has 1 unspecified atom stereocenters. The van der Waals surface area contributed by atoms with Gasteiger partial charge in [0, 0.05) is 19.3 Å². The number of nitrogen functional groups attached to an aromatic ring is 1. The van der Waals surface area contributed by atoms with Crippen molar-refractivity contribution in [3.8, 4) is 0 Å². The standard InChI is InChI=1S/C13H20ClN3O3/c1-17(6-10(18)8-20-2)7-13(19)16-9-3-4-11(14)12(15)5-9/h3-5,10,18H,6-8,15H2,1-2H3,(H,16,19). The second-order valence-corrected chi connectivity index (χ2v) is 5.00. The van der Waals surface area contributed by atoms with E-state index >= 15 is 0 Å². The van der Waals surface area contributed by atoms with E-state index < -0.39 is 6.10 Å². The Hall–Kier alpha value is -1.34. The fraction of sp³-hybridized carbons (Fsp3) is 0.462. The summed E-state index contributed by atoms with van der Waals surface area (Å²) in [6.45, 7) is 0.743. The molecule has 0 fully saturated rings. The molecule has 6 nitrogen and oxygen atoms in total. The Balaban J connectivity index is 2.44. The summed E-state index contributed by atoms with van der Waals surface area (Å²) in [6.07, 6.45) is -0.621. The lowest BCUT2D eigenvalue weighted by Crippen LogP contribution is -2.37. The van der Waals surface area contributed by atoms with Gasteiger partial charge < -0.3 is 20.9 Å². The van der Waals surface area contributed by atoms with Crippen LogP contribution in [-0.4, -0.2) is 55.9 Å². The largest absolute Gasteiger partial charge is 0.397 e. The predicted octanol–water partition coefficient (Wildman–Crippen LogP) is 0.800. The van der Waals surface area contributed by atoms with Crippen LogP contribution in [0, 0.1) is 0 Å². The molecule has 0 heterocycles. The third-order valence-electron chi connectivity index (χ3n) is 2.57. The van der Waals surface area contributed by atoms with Crippen molar-refractivity contribution in [2.75, 3.05) is 44.9 Å². The van der Waals surface area contributed by atoms with Crippen LogP contribution in [0.15, 0.2) is 18.2 Å². The van der Waals surface area contributed by atoms with Gasteiger partial charge in [-0.1, -0.05) is 11.6 Å². The third-order valence-corrected chi connectivity index (χ3v) is 2.92. The number of amides is 1. The first-order valence-electron chi connectivity index (χ1n) is 6.12. The van der Waals surface area contributed by atoms with Crippen molar-refractivity contribution in [3.63, 3.8) is 0 Å². The van der Waals surface area contributed by atoms with E-state index in [0.717, 1.165) is 0 Å². The number of rotatable bonds is 7. The molecule has 0 saturated carbocycles. The average Bonchev–Trinajstić information content (AvgIpc) is 2.33. The molecule has 1 aromatic carbocycles. The molecule has 0 aliphatic rings. The molecule has 1 rings (SSSR count). The maximum Gasteiger partial charge on any atom is 0.238 e. The molecule has 0 aromatic heterocycles. The number of aliphatic hydroxyl groups excluding tert-OH is 1. The molecule has 1 aromatic rings. The summed E-state index contributed by atoms with van der Waals surface area (Å²) >= 11 is 5.80. The third kappa shape index (κ3) is 5.75. The molecular weight excluding hydrogens is 282 g/mol. The van der Waals surface area contributed by atoms with E-state index in [2.05, 4.69) is 5.32 Å². The zero-order valence-electron chi connectivity index (χ0n) is 11.6. The van der Waals surface area contributed by atoms with Gasteiger partial charge in [-0.05, 0) is 25.2 Å². The lowest BCUT2D eigenvalue weighted by Gasteiger charge is -2.19. The molecule has 20 heavy (non-hydrogen) atoms. The van der Waals surface area contributed by atoms with Crippen LogP contribution in [0.25, 0.3) is 0 Å². The smallest absolute Gasteiger partial charge is 0.238 e. The highest BCUT2D eigenvalue weighted by Crippen LogP contribution is 2.22. The highest BCUT2D eigenvalue weighted by Gasteiger charge is 2.12. The highest BCUT2D eigenvalue weighted by molar-refractivity contribution is 6.33. The molecular formula is C13H20ClN3O3. The molecule has 1 atom stereocenters. The van der Waals surface area contributed by atoms with E-state index in [1.165, 1.54) is 7.11 Å². The first-order valence-corrected chi connectivity index (χ1v) is 6.50. The van der Waals surface area contributed by atoms with Gasteiger partial charge in [0.2, 0.25) is 5.91 Å². The fourth-order valence-corrected chi connectivity index (χ4v) is 1.85. The Morgan fingerprint density at radius 1 is 1.60 bits per heavy atom. The Morgan fingerprint density at radius 2 is 2.30 bits per heavy atom. The number of likely N-dealkylation sites (N-methyl/N-ethyl adjacent to an activating group) is 1. The van der Waals surface area contributed by atoms with Gasteiger partial charge in [-0.2, -0.15) is 0 Å². The number of carbonyl (C=O) groups is 1. The number of anilines is 2. The summed E-state index contributed by atoms with van der Waals surface area (Å²) in [7, 11) is 3.26. The fourth-order valence-electron chi connectivity index (χ4n) is 1.74. The summed E-state index contributed by atoms with van der Waals surface area (Å²) in [5, 5.41) is 12.7. The van der Waals surface area contributed by atoms with Gasteiger partial charge in [-0.25, -0.2) is 0 Å². The van der Waals surface area contributed by atoms with Crippen LogP contribution in [0.2, 0.25) is 5.02 Å². The van der Waals surface area contributed by atoms with Crippen LogP contribution in [0.1, 0.15) is 0 Å². The maximum absolute atomic E-state index is 11.8. The van der Waals surface area contributed by atoms with Gasteiger partial charge in [0.05, 0.1) is 30.0 Å². The number of ether oxygens (including phenoxy) is 1. The van der Waals surface area contributed by atoms with E-state index in [-0.39, 0.29) is 19.1 Å². The maximum atomic E-state index is 11.8. The Kier molecular flexibility index (Phi) is 6.74. The lowest BCUT2D eigenvalue weighted by molar-refractivity contribution is -0.117. The number of aliphatic hydroxyl groups is 1. The van der Waals surface area contributed by atoms with E-state index in [0.29, 0.717) is 22.9 Å². The SMILES string of the molecule is COCC(O)CN(C)CC(=O)Nc1ccc(Cl)c(N)c1. The van der Waals surface area contributed by atoms with Crippen molar-refractivity contribution in [3.05, 3.63) is 23.2 Å². The van der Waals surface area contributed by atoms with Crippen molar-refractivity contribution in [2.24, 2.45) is 0 Å². The second-order valence-electron chi connectivity index (χ2n) is 4.59. The van der Waals surface area contributed by atoms with Crippen LogP contribution in [-0.2, 0) is 9.53 Å². The molecule has 4 N–H and O–H groups in total. The summed E-state index contributed by atoms with van der Waals surface area (Å²) in [5.74, 6) is -0.196. The monoisotopic (exact) mass is 301 g/mol. The minimum Gasteiger partial charge on any atom is -0.397 e. The van der Waals surface area contributed by atoms with Crippen molar-refractivity contribution in [1.29, 1.82) is 0 Å². The van der Waals surface area contributed by atoms with E-state index in [9.17, 15) is 9.90 Å². The molecule has 1 amide bonds. The molecule has 7 heteroatoms. The number of nitrogens with zero attached hydrogens (tertiary/aromatic N) is 1. The predicted molar refractivity (Wildman–Crippen MR) is 79.9 cm³/mol. The van der Waals surface area contributed by atoms with Crippen molar-refractivity contribution >= 4 is 28.9 Å². The number of hydrogen-bond donors (Lipinski definition) is 3. The quantitative estimate of drug-likeness (QED) is 0.648.